The summed E-state index contributed by atoms with van der Waals surface area (Å²) in [6.07, 6.45) is 6.56. The summed E-state index contributed by atoms with van der Waals surface area (Å²) in [7, 11) is 0. The van der Waals surface area contributed by atoms with Crippen molar-refractivity contribution >= 4 is 0 Å². The first-order valence-electron chi connectivity index (χ1n) is 7.16. The monoisotopic (exact) mass is 302 g/mol. The Morgan fingerprint density at radius 2 is 1.65 bits per heavy atom. The molecule has 3 aromatic heterocycles. The highest BCUT2D eigenvalue weighted by Gasteiger charge is 2.09. The molecule has 112 valence electrons. The summed E-state index contributed by atoms with van der Waals surface area (Å²) in [5.74, 6) is 0. The molecule has 23 heavy (non-hydrogen) atoms. The third kappa shape index (κ3) is 3.57. The molecule has 0 saturated carbocycles. The van der Waals surface area contributed by atoms with Crippen LogP contribution in [0.25, 0.3) is 11.1 Å². The van der Waals surface area contributed by atoms with Crippen molar-refractivity contribution in [1.29, 1.82) is 5.26 Å². The second-order valence-corrected chi connectivity index (χ2v) is 5.08. The number of nitrogens with zero attached hydrogens (tertiary/aromatic N) is 4. The van der Waals surface area contributed by atoms with Crippen molar-refractivity contribution in [3.63, 3.8) is 0 Å². The Morgan fingerprint density at radius 3 is 2.22 bits per heavy atom. The van der Waals surface area contributed by atoms with Gasteiger partial charge in [0.05, 0.1) is 6.10 Å². The molecule has 0 spiro atoms. The van der Waals surface area contributed by atoms with Crippen LogP contribution >= 0.6 is 0 Å². The minimum atomic E-state index is -0.604. The lowest BCUT2D eigenvalue weighted by Crippen LogP contribution is -2.03. The second-order valence-electron chi connectivity index (χ2n) is 5.08. The number of pyridine rings is 3. The van der Waals surface area contributed by atoms with Gasteiger partial charge in [0.1, 0.15) is 11.8 Å². The van der Waals surface area contributed by atoms with Gasteiger partial charge in [-0.3, -0.25) is 9.97 Å². The predicted molar refractivity (Wildman–Crippen MR) is 85.1 cm³/mol. The lowest BCUT2D eigenvalue weighted by molar-refractivity contribution is 0.177. The van der Waals surface area contributed by atoms with Crippen molar-refractivity contribution in [3.8, 4) is 17.2 Å². The van der Waals surface area contributed by atoms with Crippen LogP contribution in [0.3, 0.4) is 0 Å². The molecule has 3 aromatic rings. The van der Waals surface area contributed by atoms with E-state index in [1.54, 1.807) is 43.0 Å². The lowest BCUT2D eigenvalue weighted by atomic mass is 10.0. The van der Waals surface area contributed by atoms with Gasteiger partial charge < -0.3 is 5.11 Å². The van der Waals surface area contributed by atoms with Gasteiger partial charge in [-0.05, 0) is 35.9 Å². The normalized spacial score (nSPS) is 11.7. The molecular weight excluding hydrogens is 288 g/mol. The molecule has 1 atom stereocenters. The van der Waals surface area contributed by atoms with Gasteiger partial charge in [-0.15, -0.1) is 0 Å². The average molecular weight is 302 g/mol. The van der Waals surface area contributed by atoms with E-state index in [4.69, 9.17) is 5.26 Å². The summed E-state index contributed by atoms with van der Waals surface area (Å²) < 4.78 is 0. The Balaban J connectivity index is 1.73. The zero-order valence-electron chi connectivity index (χ0n) is 12.3. The Labute approximate surface area is 133 Å². The maximum Gasteiger partial charge on any atom is 0.140 e. The molecule has 5 nitrogen and oxygen atoms in total. The highest BCUT2D eigenvalue weighted by molar-refractivity contribution is 5.61. The van der Waals surface area contributed by atoms with E-state index in [9.17, 15) is 5.11 Å². The van der Waals surface area contributed by atoms with Gasteiger partial charge in [-0.1, -0.05) is 6.07 Å². The highest BCUT2D eigenvalue weighted by Crippen LogP contribution is 2.20. The first-order valence-corrected chi connectivity index (χ1v) is 7.16. The smallest absolute Gasteiger partial charge is 0.140 e. The highest BCUT2D eigenvalue weighted by atomic mass is 16.3. The van der Waals surface area contributed by atoms with E-state index in [-0.39, 0.29) is 0 Å². The fourth-order valence-corrected chi connectivity index (χ4v) is 2.25. The molecule has 1 N–H and O–H groups in total. The zero-order chi connectivity index (χ0) is 16.1. The molecule has 0 amide bonds. The first-order chi connectivity index (χ1) is 11.3. The molecule has 0 radical (unpaired) electrons. The van der Waals surface area contributed by atoms with Crippen LogP contribution in [0.15, 0.2) is 61.2 Å². The number of aromatic nitrogens is 3. The Morgan fingerprint density at radius 1 is 0.957 bits per heavy atom. The molecule has 5 heteroatoms. The second kappa shape index (κ2) is 6.77. The molecule has 0 aliphatic heterocycles. The van der Waals surface area contributed by atoms with E-state index in [1.807, 2.05) is 24.3 Å². The molecule has 3 heterocycles. The summed E-state index contributed by atoms with van der Waals surface area (Å²) in [5, 5.41) is 19.0. The van der Waals surface area contributed by atoms with Crippen LogP contribution in [-0.2, 0) is 6.42 Å². The largest absolute Gasteiger partial charge is 0.388 e. The summed E-state index contributed by atoms with van der Waals surface area (Å²) in [6.45, 7) is 0. The molecule has 0 saturated heterocycles. The van der Waals surface area contributed by atoms with E-state index < -0.39 is 6.10 Å². The maximum atomic E-state index is 10.2. The van der Waals surface area contributed by atoms with Crippen LogP contribution in [0.1, 0.15) is 23.1 Å². The third-order valence-electron chi connectivity index (χ3n) is 3.53. The van der Waals surface area contributed by atoms with Gasteiger partial charge in [0.2, 0.25) is 0 Å². The van der Waals surface area contributed by atoms with Crippen LogP contribution in [0, 0.1) is 11.3 Å². The summed E-state index contributed by atoms with van der Waals surface area (Å²) in [6, 6.07) is 12.9. The fourth-order valence-electron chi connectivity index (χ4n) is 2.25. The number of aliphatic hydroxyl groups excluding tert-OH is 1. The quantitative estimate of drug-likeness (QED) is 0.801. The lowest BCUT2D eigenvalue weighted by Gasteiger charge is -2.10. The maximum absolute atomic E-state index is 10.2. The van der Waals surface area contributed by atoms with Crippen LogP contribution in [-0.4, -0.2) is 20.1 Å². The third-order valence-corrected chi connectivity index (χ3v) is 3.53. The summed E-state index contributed by atoms with van der Waals surface area (Å²) in [4.78, 5) is 12.4. The number of hydrogen-bond acceptors (Lipinski definition) is 5. The van der Waals surface area contributed by atoms with Crippen molar-refractivity contribution in [2.24, 2.45) is 0 Å². The topological polar surface area (TPSA) is 82.7 Å². The fraction of sp³-hybridized carbons (Fsp3) is 0.111. The first kappa shape index (κ1) is 14.8. The van der Waals surface area contributed by atoms with Crippen LogP contribution < -0.4 is 0 Å². The number of hydrogen-bond donors (Lipinski definition) is 1. The molecule has 0 aromatic carbocycles. The Hall–Kier alpha value is -3.10. The molecule has 1 unspecified atom stereocenters. The molecule has 3 rings (SSSR count). The van der Waals surface area contributed by atoms with Crippen molar-refractivity contribution in [3.05, 3.63) is 78.1 Å². The van der Waals surface area contributed by atoms with Gasteiger partial charge in [-0.25, -0.2) is 4.98 Å². The molecule has 0 fully saturated rings. The van der Waals surface area contributed by atoms with Gasteiger partial charge in [0, 0.05) is 48.0 Å². The van der Waals surface area contributed by atoms with E-state index in [0.29, 0.717) is 12.1 Å². The summed E-state index contributed by atoms with van der Waals surface area (Å²) >= 11 is 0. The molecule has 0 bridgehead atoms. The average Bonchev–Trinajstić information content (AvgIpc) is 2.63. The van der Waals surface area contributed by atoms with Crippen molar-refractivity contribution in [1.82, 2.24) is 15.0 Å². The van der Waals surface area contributed by atoms with Gasteiger partial charge >= 0.3 is 0 Å². The van der Waals surface area contributed by atoms with E-state index in [0.717, 1.165) is 22.4 Å². The van der Waals surface area contributed by atoms with Gasteiger partial charge in [0.15, 0.2) is 0 Å². The molecular formula is C18H14N4O. The molecule has 0 aliphatic rings. The van der Waals surface area contributed by atoms with E-state index >= 15 is 0 Å². The predicted octanol–water partition coefficient (Wildman–Crippen LogP) is 2.69. The van der Waals surface area contributed by atoms with Crippen LogP contribution in [0.4, 0.5) is 0 Å². The van der Waals surface area contributed by atoms with Crippen molar-refractivity contribution in [2.45, 2.75) is 12.5 Å². The van der Waals surface area contributed by atoms with Crippen LogP contribution in [0.2, 0.25) is 0 Å². The van der Waals surface area contributed by atoms with Crippen molar-refractivity contribution < 1.29 is 5.11 Å². The standard InChI is InChI=1S/C18H14N4O/c19-10-17-4-2-15(12-22-17)14-1-3-16(21-11-14)9-18(23)13-5-7-20-8-6-13/h1-8,11-12,18,23H,9H2. The zero-order valence-corrected chi connectivity index (χ0v) is 12.3. The Bertz CT molecular complexity index is 808. The van der Waals surface area contributed by atoms with Gasteiger partial charge in [-0.2, -0.15) is 5.26 Å². The van der Waals surface area contributed by atoms with Crippen molar-refractivity contribution in [2.75, 3.05) is 0 Å². The molecule has 0 aliphatic carbocycles. The summed E-state index contributed by atoms with van der Waals surface area (Å²) in [5.41, 5.74) is 3.84. The van der Waals surface area contributed by atoms with Gasteiger partial charge in [0.25, 0.3) is 0 Å². The number of aliphatic hydroxyl groups is 1. The number of nitriles is 1. The SMILES string of the molecule is N#Cc1ccc(-c2ccc(CC(O)c3ccncc3)nc2)cn1. The van der Waals surface area contributed by atoms with E-state index in [1.165, 1.54) is 0 Å². The number of rotatable bonds is 4. The minimum Gasteiger partial charge on any atom is -0.388 e. The Kier molecular flexibility index (Phi) is 4.37. The van der Waals surface area contributed by atoms with Crippen LogP contribution in [0.5, 0.6) is 0 Å². The van der Waals surface area contributed by atoms with E-state index in [2.05, 4.69) is 15.0 Å². The minimum absolute atomic E-state index is 0.388.